The van der Waals surface area contributed by atoms with E-state index in [1.54, 1.807) is 0 Å². The highest BCUT2D eigenvalue weighted by atomic mass is 16.1. The fourth-order valence-electron chi connectivity index (χ4n) is 1.36. The lowest BCUT2D eigenvalue weighted by Crippen LogP contribution is -1.79. The van der Waals surface area contributed by atoms with Gasteiger partial charge in [0.1, 0.15) is 5.69 Å². The van der Waals surface area contributed by atoms with Crippen molar-refractivity contribution in [1.29, 1.82) is 0 Å². The van der Waals surface area contributed by atoms with Gasteiger partial charge >= 0.3 is 0 Å². The van der Waals surface area contributed by atoms with Crippen molar-refractivity contribution in [1.82, 2.24) is 10.2 Å². The Balaban J connectivity index is 2.19. The molecule has 1 aliphatic rings. The van der Waals surface area contributed by atoms with Crippen molar-refractivity contribution in [3.63, 3.8) is 0 Å². The third-order valence-corrected chi connectivity index (χ3v) is 2.25. The lowest BCUT2D eigenvalue weighted by molar-refractivity contribution is 0.111. The summed E-state index contributed by atoms with van der Waals surface area (Å²) in [4.78, 5) is 10.3. The molecule has 1 N–H and O–H groups in total. The summed E-state index contributed by atoms with van der Waals surface area (Å²) in [6, 6.07) is 1.83. The van der Waals surface area contributed by atoms with Crippen molar-refractivity contribution in [3.8, 4) is 0 Å². The average Bonchev–Trinajstić information content (AvgIpc) is 2.59. The quantitative estimate of drug-likeness (QED) is 0.647. The third-order valence-electron chi connectivity index (χ3n) is 2.25. The molecule has 3 nitrogen and oxygen atoms in total. The van der Waals surface area contributed by atoms with Crippen LogP contribution in [0.3, 0.4) is 0 Å². The van der Waals surface area contributed by atoms with Gasteiger partial charge in [-0.2, -0.15) is 5.10 Å². The van der Waals surface area contributed by atoms with E-state index < -0.39 is 0 Å². The highest BCUT2D eigenvalue weighted by Gasteiger charge is 2.35. The van der Waals surface area contributed by atoms with Gasteiger partial charge in [0.25, 0.3) is 0 Å². The van der Waals surface area contributed by atoms with Crippen LogP contribution < -0.4 is 0 Å². The molecule has 0 bridgehead atoms. The Kier molecular flexibility index (Phi) is 1.31. The molecule has 0 aliphatic heterocycles. The summed E-state index contributed by atoms with van der Waals surface area (Å²) in [6.07, 6.45) is 1.99. The largest absolute Gasteiger partial charge is 0.296 e. The molecule has 1 aromatic heterocycles. The molecule has 1 fully saturated rings. The third kappa shape index (κ3) is 1.06. The Morgan fingerprint density at radius 2 is 2.55 bits per heavy atom. The molecule has 11 heavy (non-hydrogen) atoms. The predicted octanol–water partition coefficient (Wildman–Crippen LogP) is 1.35. The maximum atomic E-state index is 10.3. The maximum absolute atomic E-state index is 10.3. The van der Waals surface area contributed by atoms with Crippen molar-refractivity contribution in [2.75, 3.05) is 0 Å². The number of rotatable bonds is 2. The first kappa shape index (κ1) is 6.58. The molecule has 1 aromatic rings. The fraction of sp³-hybridized carbons (Fsp3) is 0.500. The zero-order chi connectivity index (χ0) is 7.84. The van der Waals surface area contributed by atoms with Crippen molar-refractivity contribution in [2.24, 2.45) is 5.92 Å². The van der Waals surface area contributed by atoms with Gasteiger partial charge < -0.3 is 0 Å². The minimum Gasteiger partial charge on any atom is -0.296 e. The number of carbonyl (C=O) groups excluding carboxylic acids is 1. The summed E-state index contributed by atoms with van der Waals surface area (Å²) in [5.41, 5.74) is 1.62. The molecule has 1 aliphatic carbocycles. The summed E-state index contributed by atoms with van der Waals surface area (Å²) >= 11 is 0. The van der Waals surface area contributed by atoms with E-state index in [9.17, 15) is 4.79 Å². The van der Waals surface area contributed by atoms with Crippen LogP contribution in [0.2, 0.25) is 0 Å². The van der Waals surface area contributed by atoms with Crippen molar-refractivity contribution < 1.29 is 4.79 Å². The summed E-state index contributed by atoms with van der Waals surface area (Å²) in [7, 11) is 0. The zero-order valence-corrected chi connectivity index (χ0v) is 6.37. The average molecular weight is 150 g/mol. The molecule has 0 aromatic carbocycles. The van der Waals surface area contributed by atoms with Gasteiger partial charge in [-0.05, 0) is 18.4 Å². The number of H-pyrrole nitrogens is 1. The van der Waals surface area contributed by atoms with E-state index in [4.69, 9.17) is 0 Å². The summed E-state index contributed by atoms with van der Waals surface area (Å²) in [6.45, 7) is 2.20. The van der Waals surface area contributed by atoms with Gasteiger partial charge in [-0.25, -0.2) is 0 Å². The summed E-state index contributed by atoms with van der Waals surface area (Å²) < 4.78 is 0. The molecule has 1 heterocycles. The van der Waals surface area contributed by atoms with Gasteiger partial charge in [-0.3, -0.25) is 9.89 Å². The second-order valence-corrected chi connectivity index (χ2v) is 3.19. The zero-order valence-electron chi connectivity index (χ0n) is 6.37. The number of hydrogen-bond donors (Lipinski definition) is 1. The lowest BCUT2D eigenvalue weighted by Gasteiger charge is -1.86. The van der Waals surface area contributed by atoms with Crippen LogP contribution in [0.4, 0.5) is 0 Å². The number of nitrogens with one attached hydrogen (secondary N) is 1. The van der Waals surface area contributed by atoms with Gasteiger partial charge in [0.05, 0.1) is 0 Å². The monoisotopic (exact) mass is 150 g/mol. The van der Waals surface area contributed by atoms with Crippen molar-refractivity contribution in [3.05, 3.63) is 17.5 Å². The van der Waals surface area contributed by atoms with Gasteiger partial charge in [-0.1, -0.05) is 6.92 Å². The number of aromatic nitrogens is 2. The standard InChI is InChI=1S/C8H10N2O/c1-5-2-7(5)8-3-6(4-11)9-10-8/h3-5,7H,2H2,1H3,(H,9,10). The van der Waals surface area contributed by atoms with Gasteiger partial charge in [0, 0.05) is 11.6 Å². The van der Waals surface area contributed by atoms with Crippen LogP contribution in [-0.2, 0) is 0 Å². The molecule has 2 unspecified atom stereocenters. The molecule has 1 saturated carbocycles. The Bertz CT molecular complexity index is 279. The molecule has 3 heteroatoms. The van der Waals surface area contributed by atoms with Crippen LogP contribution in [0.5, 0.6) is 0 Å². The molecular formula is C8H10N2O. The summed E-state index contributed by atoms with van der Waals surface area (Å²) in [5.74, 6) is 1.38. The smallest absolute Gasteiger partial charge is 0.170 e. The first-order valence-corrected chi connectivity index (χ1v) is 3.81. The molecule has 0 saturated heterocycles. The van der Waals surface area contributed by atoms with E-state index in [1.807, 2.05) is 6.07 Å². The topological polar surface area (TPSA) is 45.8 Å². The highest BCUT2D eigenvalue weighted by molar-refractivity contribution is 5.71. The summed E-state index contributed by atoms with van der Waals surface area (Å²) in [5, 5.41) is 6.71. The molecule has 2 rings (SSSR count). The molecule has 0 amide bonds. The molecule has 0 radical (unpaired) electrons. The first-order chi connectivity index (χ1) is 5.31. The SMILES string of the molecule is CC1CC1c1cc(C=O)n[nH]1. The van der Waals surface area contributed by atoms with Crippen molar-refractivity contribution >= 4 is 6.29 Å². The Hall–Kier alpha value is -1.12. The van der Waals surface area contributed by atoms with E-state index in [1.165, 1.54) is 6.42 Å². The Labute approximate surface area is 64.8 Å². The van der Waals surface area contributed by atoms with Gasteiger partial charge in [0.2, 0.25) is 0 Å². The van der Waals surface area contributed by atoms with E-state index in [2.05, 4.69) is 17.1 Å². The number of hydrogen-bond acceptors (Lipinski definition) is 2. The van der Waals surface area contributed by atoms with Gasteiger partial charge in [-0.15, -0.1) is 0 Å². The number of nitrogens with zero attached hydrogens (tertiary/aromatic N) is 1. The molecule has 2 atom stereocenters. The first-order valence-electron chi connectivity index (χ1n) is 3.81. The second kappa shape index (κ2) is 2.19. The number of aldehydes is 1. The van der Waals surface area contributed by atoms with Crippen LogP contribution in [0.15, 0.2) is 6.07 Å². The minimum absolute atomic E-state index is 0.513. The highest BCUT2D eigenvalue weighted by Crippen LogP contribution is 2.45. The number of aromatic amines is 1. The van der Waals surface area contributed by atoms with Crippen LogP contribution >= 0.6 is 0 Å². The number of carbonyl (C=O) groups is 1. The molecule has 58 valence electrons. The fourth-order valence-corrected chi connectivity index (χ4v) is 1.36. The minimum atomic E-state index is 0.513. The van der Waals surface area contributed by atoms with Crippen LogP contribution in [0.25, 0.3) is 0 Å². The van der Waals surface area contributed by atoms with Crippen LogP contribution in [0, 0.1) is 5.92 Å². The van der Waals surface area contributed by atoms with E-state index in [0.717, 1.165) is 17.9 Å². The predicted molar refractivity (Wildman–Crippen MR) is 40.5 cm³/mol. The normalized spacial score (nSPS) is 28.5. The van der Waals surface area contributed by atoms with E-state index >= 15 is 0 Å². The van der Waals surface area contributed by atoms with Crippen molar-refractivity contribution in [2.45, 2.75) is 19.3 Å². The van der Waals surface area contributed by atoms with Crippen LogP contribution in [0.1, 0.15) is 35.4 Å². The Morgan fingerprint density at radius 3 is 3.00 bits per heavy atom. The molecule has 0 spiro atoms. The molecular weight excluding hydrogens is 140 g/mol. The van der Waals surface area contributed by atoms with E-state index in [0.29, 0.717) is 11.6 Å². The van der Waals surface area contributed by atoms with Gasteiger partial charge in [0.15, 0.2) is 6.29 Å². The lowest BCUT2D eigenvalue weighted by atomic mass is 10.2. The van der Waals surface area contributed by atoms with Crippen LogP contribution in [-0.4, -0.2) is 16.5 Å². The Morgan fingerprint density at radius 1 is 1.82 bits per heavy atom. The maximum Gasteiger partial charge on any atom is 0.170 e. The van der Waals surface area contributed by atoms with E-state index in [-0.39, 0.29) is 0 Å². The second-order valence-electron chi connectivity index (χ2n) is 3.19.